The first-order chi connectivity index (χ1) is 9.73. The van der Waals surface area contributed by atoms with E-state index in [1.807, 2.05) is 24.3 Å². The fourth-order valence-electron chi connectivity index (χ4n) is 1.94. The predicted molar refractivity (Wildman–Crippen MR) is 90.9 cm³/mol. The molecule has 1 rings (SSSR count). The van der Waals surface area contributed by atoms with Gasteiger partial charge in [0.2, 0.25) is 5.91 Å². The molecule has 0 aliphatic heterocycles. The minimum atomic E-state index is 0.0315. The first-order valence-corrected chi connectivity index (χ1v) is 8.29. The van der Waals surface area contributed by atoms with E-state index in [2.05, 4.69) is 39.9 Å². The second-order valence-corrected chi connectivity index (χ2v) is 8.27. The molecule has 0 heterocycles. The van der Waals surface area contributed by atoms with Crippen molar-refractivity contribution < 1.29 is 9.53 Å². The molecule has 1 aromatic rings. The van der Waals surface area contributed by atoms with Crippen LogP contribution in [0.4, 0.5) is 0 Å². The molecule has 21 heavy (non-hydrogen) atoms. The lowest BCUT2D eigenvalue weighted by atomic mass is 9.96. The van der Waals surface area contributed by atoms with Crippen LogP contribution >= 0.6 is 11.8 Å². The summed E-state index contributed by atoms with van der Waals surface area (Å²) in [5.41, 5.74) is 1.11. The van der Waals surface area contributed by atoms with E-state index in [1.54, 1.807) is 18.9 Å². The fraction of sp³-hybridized carbons (Fsp3) is 0.588. The molecule has 0 aliphatic rings. The molecular weight excluding hydrogens is 282 g/mol. The number of amides is 1. The van der Waals surface area contributed by atoms with Crippen molar-refractivity contribution in [1.29, 1.82) is 0 Å². The molecule has 0 aliphatic carbocycles. The summed E-state index contributed by atoms with van der Waals surface area (Å²) in [6.45, 7) is 10.6. The number of benzene rings is 1. The SMILES string of the molecule is COc1ccc(C(NC(=O)CSC(C)(C)C)C(C)C)cc1. The van der Waals surface area contributed by atoms with Crippen LogP contribution in [0.2, 0.25) is 0 Å². The van der Waals surface area contributed by atoms with Crippen LogP contribution in [0.5, 0.6) is 5.75 Å². The van der Waals surface area contributed by atoms with E-state index in [9.17, 15) is 4.79 Å². The van der Waals surface area contributed by atoms with Gasteiger partial charge in [-0.05, 0) is 23.6 Å². The molecule has 1 aromatic carbocycles. The molecule has 1 unspecified atom stereocenters. The highest BCUT2D eigenvalue weighted by Crippen LogP contribution is 2.26. The van der Waals surface area contributed by atoms with Crippen molar-refractivity contribution in [2.75, 3.05) is 12.9 Å². The third-order valence-corrected chi connectivity index (χ3v) is 4.37. The van der Waals surface area contributed by atoms with Crippen molar-refractivity contribution in [3.05, 3.63) is 29.8 Å². The van der Waals surface area contributed by atoms with Crippen molar-refractivity contribution in [1.82, 2.24) is 5.32 Å². The minimum Gasteiger partial charge on any atom is -0.497 e. The summed E-state index contributed by atoms with van der Waals surface area (Å²) in [5.74, 6) is 1.74. The van der Waals surface area contributed by atoms with Crippen LogP contribution < -0.4 is 10.1 Å². The molecule has 0 bridgehead atoms. The maximum absolute atomic E-state index is 12.1. The zero-order valence-electron chi connectivity index (χ0n) is 13.9. The van der Waals surface area contributed by atoms with E-state index < -0.39 is 0 Å². The van der Waals surface area contributed by atoms with Gasteiger partial charge >= 0.3 is 0 Å². The number of methoxy groups -OCH3 is 1. The number of ether oxygens (including phenoxy) is 1. The van der Waals surface area contributed by atoms with Crippen LogP contribution in [-0.2, 0) is 4.79 Å². The Hall–Kier alpha value is -1.16. The lowest BCUT2D eigenvalue weighted by Crippen LogP contribution is -2.33. The van der Waals surface area contributed by atoms with E-state index in [1.165, 1.54) is 0 Å². The Morgan fingerprint density at radius 2 is 1.81 bits per heavy atom. The standard InChI is InChI=1S/C17H27NO2S/c1-12(2)16(13-7-9-14(20-6)10-8-13)18-15(19)11-21-17(3,4)5/h7-10,12,16H,11H2,1-6H3,(H,18,19). The van der Waals surface area contributed by atoms with Gasteiger partial charge in [0.15, 0.2) is 0 Å². The summed E-state index contributed by atoms with van der Waals surface area (Å²) in [5, 5.41) is 3.14. The van der Waals surface area contributed by atoms with Gasteiger partial charge in [-0.3, -0.25) is 4.79 Å². The Kier molecular flexibility index (Phi) is 6.59. The second-order valence-electron chi connectivity index (χ2n) is 6.46. The summed E-state index contributed by atoms with van der Waals surface area (Å²) < 4.78 is 5.28. The second kappa shape index (κ2) is 7.74. The predicted octanol–water partition coefficient (Wildman–Crippen LogP) is 4.04. The van der Waals surface area contributed by atoms with Gasteiger partial charge in [0.25, 0.3) is 0 Å². The molecule has 0 fully saturated rings. The van der Waals surface area contributed by atoms with E-state index in [-0.39, 0.29) is 16.7 Å². The largest absolute Gasteiger partial charge is 0.497 e. The molecule has 1 amide bonds. The molecule has 0 radical (unpaired) electrons. The van der Waals surface area contributed by atoms with Crippen LogP contribution in [0.1, 0.15) is 46.2 Å². The Balaban J connectivity index is 2.71. The van der Waals surface area contributed by atoms with Crippen molar-refractivity contribution >= 4 is 17.7 Å². The summed E-state index contributed by atoms with van der Waals surface area (Å²) in [4.78, 5) is 12.1. The fourth-order valence-corrected chi connectivity index (χ4v) is 2.59. The van der Waals surface area contributed by atoms with Gasteiger partial charge in [-0.25, -0.2) is 0 Å². The van der Waals surface area contributed by atoms with Crippen LogP contribution in [0.3, 0.4) is 0 Å². The number of nitrogens with one attached hydrogen (secondary N) is 1. The maximum Gasteiger partial charge on any atom is 0.230 e. The van der Waals surface area contributed by atoms with Gasteiger partial charge in [0.05, 0.1) is 18.9 Å². The molecule has 0 aromatic heterocycles. The lowest BCUT2D eigenvalue weighted by Gasteiger charge is -2.24. The molecule has 0 saturated heterocycles. The normalized spacial score (nSPS) is 13.1. The average molecular weight is 309 g/mol. The molecule has 118 valence electrons. The highest BCUT2D eigenvalue weighted by atomic mass is 32.2. The Morgan fingerprint density at radius 1 is 1.24 bits per heavy atom. The monoisotopic (exact) mass is 309 g/mol. The molecular formula is C17H27NO2S. The number of carbonyl (C=O) groups excluding carboxylic acids is 1. The van der Waals surface area contributed by atoms with Gasteiger partial charge in [0, 0.05) is 4.75 Å². The van der Waals surface area contributed by atoms with Crippen molar-refractivity contribution in [2.24, 2.45) is 5.92 Å². The third kappa shape index (κ3) is 6.42. The maximum atomic E-state index is 12.1. The first-order valence-electron chi connectivity index (χ1n) is 7.30. The smallest absolute Gasteiger partial charge is 0.230 e. The number of thioether (sulfide) groups is 1. The highest BCUT2D eigenvalue weighted by molar-refractivity contribution is 8.01. The number of hydrogen-bond donors (Lipinski definition) is 1. The van der Waals surface area contributed by atoms with E-state index in [4.69, 9.17) is 4.74 Å². The molecule has 0 saturated carbocycles. The summed E-state index contributed by atoms with van der Waals surface area (Å²) in [7, 11) is 1.65. The highest BCUT2D eigenvalue weighted by Gasteiger charge is 2.20. The van der Waals surface area contributed by atoms with E-state index >= 15 is 0 Å². The number of hydrogen-bond acceptors (Lipinski definition) is 3. The van der Waals surface area contributed by atoms with Crippen molar-refractivity contribution in [3.8, 4) is 5.75 Å². The Morgan fingerprint density at radius 3 is 2.24 bits per heavy atom. The van der Waals surface area contributed by atoms with E-state index in [0.717, 1.165) is 11.3 Å². The first kappa shape index (κ1) is 17.9. The molecule has 0 spiro atoms. The Labute approximate surface area is 132 Å². The zero-order valence-corrected chi connectivity index (χ0v) is 14.7. The molecule has 3 nitrogen and oxygen atoms in total. The van der Waals surface area contributed by atoms with Gasteiger partial charge in [-0.15, -0.1) is 11.8 Å². The van der Waals surface area contributed by atoms with Crippen molar-refractivity contribution in [2.45, 2.75) is 45.4 Å². The van der Waals surface area contributed by atoms with Crippen LogP contribution in [0.15, 0.2) is 24.3 Å². The van der Waals surface area contributed by atoms with Crippen LogP contribution in [-0.4, -0.2) is 23.5 Å². The topological polar surface area (TPSA) is 38.3 Å². The number of rotatable bonds is 6. The van der Waals surface area contributed by atoms with Crippen LogP contribution in [0, 0.1) is 5.92 Å². The lowest BCUT2D eigenvalue weighted by molar-refractivity contribution is -0.119. The quantitative estimate of drug-likeness (QED) is 0.862. The van der Waals surface area contributed by atoms with Crippen LogP contribution in [0.25, 0.3) is 0 Å². The van der Waals surface area contributed by atoms with Gasteiger partial charge in [-0.2, -0.15) is 0 Å². The van der Waals surface area contributed by atoms with Gasteiger partial charge in [0.1, 0.15) is 5.75 Å². The minimum absolute atomic E-state index is 0.0315. The summed E-state index contributed by atoms with van der Waals surface area (Å²) in [6, 6.07) is 7.92. The zero-order chi connectivity index (χ0) is 16.0. The van der Waals surface area contributed by atoms with E-state index in [0.29, 0.717) is 11.7 Å². The Bertz CT molecular complexity index is 449. The third-order valence-electron chi connectivity index (χ3n) is 3.09. The molecule has 4 heteroatoms. The molecule has 1 N–H and O–H groups in total. The summed E-state index contributed by atoms with van der Waals surface area (Å²) >= 11 is 1.66. The average Bonchev–Trinajstić information content (AvgIpc) is 2.41. The van der Waals surface area contributed by atoms with Gasteiger partial charge in [-0.1, -0.05) is 46.8 Å². The molecule has 1 atom stereocenters. The van der Waals surface area contributed by atoms with Gasteiger partial charge < -0.3 is 10.1 Å². The number of carbonyl (C=O) groups is 1. The summed E-state index contributed by atoms with van der Waals surface area (Å²) in [6.07, 6.45) is 0. The van der Waals surface area contributed by atoms with Crippen molar-refractivity contribution in [3.63, 3.8) is 0 Å².